The molecule has 0 aliphatic heterocycles. The summed E-state index contributed by atoms with van der Waals surface area (Å²) in [7, 11) is 3.42. The molecule has 3 heteroatoms. The number of likely N-dealkylation sites (N-methyl/N-ethyl adjacent to an activating group) is 1. The molecule has 0 unspecified atom stereocenters. The lowest BCUT2D eigenvalue weighted by Crippen LogP contribution is -2.36. The molecule has 16 heavy (non-hydrogen) atoms. The first-order valence-corrected chi connectivity index (χ1v) is 5.08. The zero-order chi connectivity index (χ0) is 13.1. The van der Waals surface area contributed by atoms with E-state index in [0.717, 1.165) is 0 Å². The molecule has 0 atom stereocenters. The third-order valence-electron chi connectivity index (χ3n) is 1.98. The zero-order valence-electron chi connectivity index (χ0n) is 10.9. The van der Waals surface area contributed by atoms with Gasteiger partial charge in [0.2, 0.25) is 0 Å². The predicted octanol–water partition coefficient (Wildman–Crippen LogP) is 2.42. The highest BCUT2D eigenvalue weighted by Crippen LogP contribution is 2.06. The monoisotopic (exact) mass is 222 g/mol. The fourth-order valence-corrected chi connectivity index (χ4v) is 1.10. The van der Waals surface area contributed by atoms with Crippen LogP contribution < -0.4 is 5.32 Å². The first-order valence-electron chi connectivity index (χ1n) is 5.08. The lowest BCUT2D eigenvalue weighted by atomic mass is 10.1. The molecule has 0 aromatic carbocycles. The average Bonchev–Trinajstić information content (AvgIpc) is 2.29. The minimum Gasteiger partial charge on any atom is -0.341 e. The highest BCUT2D eigenvalue weighted by Gasteiger charge is 2.07. The molecule has 2 amide bonds. The van der Waals surface area contributed by atoms with Gasteiger partial charge in [0.1, 0.15) is 0 Å². The summed E-state index contributed by atoms with van der Waals surface area (Å²) in [4.78, 5) is 12.9. The number of allylic oxidation sites excluding steroid dienone is 2. The molecule has 0 spiro atoms. The molecule has 0 heterocycles. The molecule has 0 aliphatic rings. The second kappa shape index (κ2) is 9.85. The predicted molar refractivity (Wildman–Crippen MR) is 70.2 cm³/mol. The molecule has 0 rings (SSSR count). The van der Waals surface area contributed by atoms with Gasteiger partial charge in [0, 0.05) is 20.6 Å². The Morgan fingerprint density at radius 3 is 2.19 bits per heavy atom. The van der Waals surface area contributed by atoms with E-state index < -0.39 is 0 Å². The standard InChI is InChI=1S/C11H20N2O.C2H2/c1-6-7-10(9(2)3)8-13(5)11(14)12-4;1-2/h6-7H,8H2,1-5H3,(H,12,14);1-2H/b7-6-;. The third kappa shape index (κ3) is 6.72. The Labute approximate surface area is 99.2 Å². The molecule has 0 bridgehead atoms. The van der Waals surface area contributed by atoms with Gasteiger partial charge in [-0.25, -0.2) is 4.79 Å². The van der Waals surface area contributed by atoms with Crippen LogP contribution in [0.25, 0.3) is 0 Å². The van der Waals surface area contributed by atoms with Crippen LogP contribution in [-0.2, 0) is 0 Å². The van der Waals surface area contributed by atoms with Crippen LogP contribution in [0.2, 0.25) is 0 Å². The normalized spacial score (nSPS) is 8.94. The van der Waals surface area contributed by atoms with E-state index in [0.29, 0.717) is 6.54 Å². The number of terminal acetylenes is 1. The SMILES string of the molecule is C#C.C/C=C\C(CN(C)C(=O)NC)=C(C)C. The summed E-state index contributed by atoms with van der Waals surface area (Å²) >= 11 is 0. The molecule has 0 saturated heterocycles. The maximum absolute atomic E-state index is 11.2. The van der Waals surface area contributed by atoms with Crippen molar-refractivity contribution in [1.82, 2.24) is 10.2 Å². The van der Waals surface area contributed by atoms with Crippen LogP contribution in [0.3, 0.4) is 0 Å². The lowest BCUT2D eigenvalue weighted by Gasteiger charge is -2.18. The van der Waals surface area contributed by atoms with E-state index in [1.165, 1.54) is 11.1 Å². The first kappa shape index (κ1) is 16.7. The molecule has 3 nitrogen and oxygen atoms in total. The molecule has 0 saturated carbocycles. The zero-order valence-corrected chi connectivity index (χ0v) is 10.9. The largest absolute Gasteiger partial charge is 0.341 e. The Hall–Kier alpha value is -1.69. The van der Waals surface area contributed by atoms with Crippen molar-refractivity contribution in [2.24, 2.45) is 0 Å². The van der Waals surface area contributed by atoms with Crippen LogP contribution in [-0.4, -0.2) is 31.6 Å². The molecule has 0 fully saturated rings. The number of hydrogen-bond acceptors (Lipinski definition) is 1. The molecule has 0 aromatic heterocycles. The topological polar surface area (TPSA) is 32.3 Å². The highest BCUT2D eigenvalue weighted by molar-refractivity contribution is 5.73. The van der Waals surface area contributed by atoms with Gasteiger partial charge in [-0.05, 0) is 26.3 Å². The van der Waals surface area contributed by atoms with Gasteiger partial charge in [0.25, 0.3) is 0 Å². The Balaban J connectivity index is 0. The molecular formula is C13H22N2O. The smallest absolute Gasteiger partial charge is 0.317 e. The summed E-state index contributed by atoms with van der Waals surface area (Å²) in [5.41, 5.74) is 2.41. The van der Waals surface area contributed by atoms with Gasteiger partial charge in [0.05, 0.1) is 0 Å². The fraction of sp³-hybridized carbons (Fsp3) is 0.462. The summed E-state index contributed by atoms with van der Waals surface area (Å²) in [6.45, 7) is 6.72. The van der Waals surface area contributed by atoms with Crippen molar-refractivity contribution in [2.45, 2.75) is 20.8 Å². The molecule has 0 aliphatic carbocycles. The number of hydrogen-bond donors (Lipinski definition) is 1. The molecule has 0 radical (unpaired) electrons. The number of rotatable bonds is 3. The van der Waals surface area contributed by atoms with Crippen LogP contribution in [0.4, 0.5) is 4.79 Å². The van der Waals surface area contributed by atoms with E-state index in [2.05, 4.69) is 18.2 Å². The second-order valence-electron chi connectivity index (χ2n) is 3.44. The number of carbonyl (C=O) groups excluding carboxylic acids is 1. The van der Waals surface area contributed by atoms with Crippen LogP contribution in [0.5, 0.6) is 0 Å². The van der Waals surface area contributed by atoms with Crippen LogP contribution in [0, 0.1) is 12.8 Å². The summed E-state index contributed by atoms with van der Waals surface area (Å²) in [6, 6.07) is -0.0618. The van der Waals surface area contributed by atoms with Gasteiger partial charge in [-0.2, -0.15) is 0 Å². The van der Waals surface area contributed by atoms with E-state index in [-0.39, 0.29) is 6.03 Å². The fourth-order valence-electron chi connectivity index (χ4n) is 1.10. The summed E-state index contributed by atoms with van der Waals surface area (Å²) in [5, 5.41) is 2.59. The van der Waals surface area contributed by atoms with Crippen molar-refractivity contribution in [3.8, 4) is 12.8 Å². The van der Waals surface area contributed by atoms with Crippen molar-refractivity contribution in [1.29, 1.82) is 0 Å². The first-order chi connectivity index (χ1) is 7.52. The molecule has 1 N–H and O–H groups in total. The van der Waals surface area contributed by atoms with Crippen molar-refractivity contribution in [2.75, 3.05) is 20.6 Å². The number of nitrogens with one attached hydrogen (secondary N) is 1. The summed E-state index contributed by atoms with van der Waals surface area (Å²) < 4.78 is 0. The molecule has 90 valence electrons. The Morgan fingerprint density at radius 1 is 1.38 bits per heavy atom. The molecule has 0 aromatic rings. The minimum atomic E-state index is -0.0618. The lowest BCUT2D eigenvalue weighted by molar-refractivity contribution is 0.215. The van der Waals surface area contributed by atoms with Gasteiger partial charge in [-0.15, -0.1) is 12.8 Å². The Kier molecular flexibility index (Phi) is 10.3. The Bertz CT molecular complexity index is 284. The van der Waals surface area contributed by atoms with Crippen LogP contribution >= 0.6 is 0 Å². The van der Waals surface area contributed by atoms with E-state index in [1.54, 1.807) is 19.0 Å². The number of nitrogens with zero attached hydrogens (tertiary/aromatic N) is 1. The molecular weight excluding hydrogens is 200 g/mol. The summed E-state index contributed by atoms with van der Waals surface area (Å²) in [6.07, 6.45) is 12.0. The second-order valence-corrected chi connectivity index (χ2v) is 3.44. The van der Waals surface area contributed by atoms with Gasteiger partial charge >= 0.3 is 6.03 Å². The summed E-state index contributed by atoms with van der Waals surface area (Å²) in [5.74, 6) is 0. The van der Waals surface area contributed by atoms with E-state index in [9.17, 15) is 4.79 Å². The number of urea groups is 1. The van der Waals surface area contributed by atoms with Gasteiger partial charge < -0.3 is 10.2 Å². The van der Waals surface area contributed by atoms with Gasteiger partial charge in [-0.1, -0.05) is 17.7 Å². The van der Waals surface area contributed by atoms with E-state index in [1.807, 2.05) is 32.9 Å². The maximum Gasteiger partial charge on any atom is 0.317 e. The van der Waals surface area contributed by atoms with E-state index >= 15 is 0 Å². The van der Waals surface area contributed by atoms with Crippen LogP contribution in [0.1, 0.15) is 20.8 Å². The van der Waals surface area contributed by atoms with Crippen molar-refractivity contribution in [3.63, 3.8) is 0 Å². The Morgan fingerprint density at radius 2 is 1.88 bits per heavy atom. The third-order valence-corrected chi connectivity index (χ3v) is 1.98. The van der Waals surface area contributed by atoms with E-state index in [4.69, 9.17) is 0 Å². The number of amides is 2. The van der Waals surface area contributed by atoms with Crippen molar-refractivity contribution < 1.29 is 4.79 Å². The van der Waals surface area contributed by atoms with Gasteiger partial charge in [-0.3, -0.25) is 0 Å². The maximum atomic E-state index is 11.2. The number of carbonyl (C=O) groups is 1. The van der Waals surface area contributed by atoms with Crippen molar-refractivity contribution in [3.05, 3.63) is 23.3 Å². The highest BCUT2D eigenvalue weighted by atomic mass is 16.2. The quantitative estimate of drug-likeness (QED) is 0.577. The average molecular weight is 222 g/mol. The van der Waals surface area contributed by atoms with Crippen molar-refractivity contribution >= 4 is 6.03 Å². The van der Waals surface area contributed by atoms with Gasteiger partial charge in [0.15, 0.2) is 0 Å². The minimum absolute atomic E-state index is 0.0618. The van der Waals surface area contributed by atoms with Crippen LogP contribution in [0.15, 0.2) is 23.3 Å².